The summed E-state index contributed by atoms with van der Waals surface area (Å²) in [6.45, 7) is 0. The van der Waals surface area contributed by atoms with Crippen molar-refractivity contribution in [2.24, 2.45) is 0 Å². The van der Waals surface area contributed by atoms with Crippen molar-refractivity contribution in [1.82, 2.24) is 9.13 Å². The van der Waals surface area contributed by atoms with E-state index in [1.54, 1.807) is 0 Å². The van der Waals surface area contributed by atoms with Crippen LogP contribution in [-0.2, 0) is 0 Å². The molecule has 0 atom stereocenters. The number of furan rings is 2. The molecule has 0 bridgehead atoms. The average molecular weight is 715 g/mol. The van der Waals surface area contributed by atoms with E-state index in [9.17, 15) is 0 Å². The summed E-state index contributed by atoms with van der Waals surface area (Å²) in [5.74, 6) is 0. The maximum Gasteiger partial charge on any atom is 0.160 e. The van der Waals surface area contributed by atoms with Crippen LogP contribution < -0.4 is 0 Å². The molecule has 0 N–H and O–H groups in total. The molecule has 0 spiro atoms. The van der Waals surface area contributed by atoms with Crippen molar-refractivity contribution in [2.75, 3.05) is 0 Å². The molecular formula is C52H30N2O2. The quantitative estimate of drug-likeness (QED) is 0.183. The van der Waals surface area contributed by atoms with Crippen LogP contribution >= 0.6 is 0 Å². The third kappa shape index (κ3) is 3.92. The lowest BCUT2D eigenvalue weighted by molar-refractivity contribution is 0.669. The van der Waals surface area contributed by atoms with E-state index in [2.05, 4.69) is 185 Å². The van der Waals surface area contributed by atoms with Crippen LogP contribution in [0.15, 0.2) is 191 Å². The van der Waals surface area contributed by atoms with Crippen LogP contribution in [0, 0.1) is 0 Å². The summed E-state index contributed by atoms with van der Waals surface area (Å²) >= 11 is 0. The first-order valence-corrected chi connectivity index (χ1v) is 19.1. The van der Waals surface area contributed by atoms with Gasteiger partial charge in [-0.1, -0.05) is 115 Å². The van der Waals surface area contributed by atoms with Crippen molar-refractivity contribution in [3.8, 4) is 22.5 Å². The van der Waals surface area contributed by atoms with Gasteiger partial charge in [0.1, 0.15) is 16.7 Å². The van der Waals surface area contributed by atoms with Crippen molar-refractivity contribution in [1.29, 1.82) is 0 Å². The number of benzene rings is 9. The number of hydrogen-bond donors (Lipinski definition) is 0. The maximum absolute atomic E-state index is 6.94. The average Bonchev–Trinajstić information content (AvgIpc) is 4.02. The Balaban J connectivity index is 1.02. The Bertz CT molecular complexity index is 3690. The van der Waals surface area contributed by atoms with E-state index in [0.29, 0.717) is 0 Å². The van der Waals surface area contributed by atoms with Gasteiger partial charge in [0.2, 0.25) is 0 Å². The molecule has 0 aliphatic heterocycles. The Morgan fingerprint density at radius 3 is 1.39 bits per heavy atom. The van der Waals surface area contributed by atoms with Gasteiger partial charge < -0.3 is 18.0 Å². The fourth-order valence-corrected chi connectivity index (χ4v) is 9.55. The summed E-state index contributed by atoms with van der Waals surface area (Å²) in [5.41, 5.74) is 12.7. The highest BCUT2D eigenvalue weighted by Crippen LogP contribution is 2.49. The van der Waals surface area contributed by atoms with Gasteiger partial charge in [0.15, 0.2) is 5.58 Å². The first-order valence-electron chi connectivity index (χ1n) is 19.1. The third-order valence-corrected chi connectivity index (χ3v) is 11.9. The van der Waals surface area contributed by atoms with Crippen molar-refractivity contribution in [3.05, 3.63) is 182 Å². The van der Waals surface area contributed by atoms with Crippen LogP contribution in [0.25, 0.3) is 121 Å². The molecule has 13 rings (SSSR count). The van der Waals surface area contributed by atoms with Gasteiger partial charge in [-0.2, -0.15) is 0 Å². The molecule has 0 amide bonds. The molecule has 0 aliphatic rings. The lowest BCUT2D eigenvalue weighted by Crippen LogP contribution is -1.95. The Hall–Kier alpha value is -7.56. The third-order valence-electron chi connectivity index (χ3n) is 11.9. The highest BCUT2D eigenvalue weighted by Gasteiger charge is 2.25. The predicted octanol–water partition coefficient (Wildman–Crippen LogP) is 14.5. The van der Waals surface area contributed by atoms with E-state index in [-0.39, 0.29) is 0 Å². The van der Waals surface area contributed by atoms with Crippen LogP contribution in [0.5, 0.6) is 0 Å². The number of para-hydroxylation sites is 5. The number of aromatic nitrogens is 2. The first kappa shape index (κ1) is 29.8. The smallest absolute Gasteiger partial charge is 0.160 e. The molecule has 4 aromatic heterocycles. The normalized spacial score (nSPS) is 12.3. The molecule has 56 heavy (non-hydrogen) atoms. The fraction of sp³-hybridized carbons (Fsp3) is 0. The molecule has 0 unspecified atom stereocenters. The zero-order valence-corrected chi connectivity index (χ0v) is 30.0. The Morgan fingerprint density at radius 1 is 0.286 bits per heavy atom. The second kappa shape index (κ2) is 11.0. The summed E-state index contributed by atoms with van der Waals surface area (Å²) in [6.07, 6.45) is 0. The summed E-state index contributed by atoms with van der Waals surface area (Å²) in [6, 6.07) is 65.1. The van der Waals surface area contributed by atoms with Gasteiger partial charge >= 0.3 is 0 Å². The van der Waals surface area contributed by atoms with Gasteiger partial charge in [0.05, 0.1) is 22.1 Å². The van der Waals surface area contributed by atoms with Gasteiger partial charge in [0, 0.05) is 59.9 Å². The van der Waals surface area contributed by atoms with Crippen LogP contribution in [0.1, 0.15) is 0 Å². The molecule has 4 nitrogen and oxygen atoms in total. The summed E-state index contributed by atoms with van der Waals surface area (Å²) in [7, 11) is 0. The molecule has 0 saturated carbocycles. The van der Waals surface area contributed by atoms with Gasteiger partial charge in [-0.3, -0.25) is 0 Å². The molecule has 4 heteroatoms. The molecule has 260 valence electrons. The Kier molecular flexibility index (Phi) is 5.86. The number of hydrogen-bond acceptors (Lipinski definition) is 2. The van der Waals surface area contributed by atoms with Crippen molar-refractivity contribution < 1.29 is 8.83 Å². The minimum absolute atomic E-state index is 0.873. The molecular weight excluding hydrogens is 685 g/mol. The number of nitrogens with zero attached hydrogens (tertiary/aromatic N) is 2. The van der Waals surface area contributed by atoms with Gasteiger partial charge in [0.25, 0.3) is 0 Å². The zero-order chi connectivity index (χ0) is 36.5. The monoisotopic (exact) mass is 714 g/mol. The molecule has 0 radical (unpaired) electrons. The number of rotatable bonds is 3. The Labute approximate surface area is 319 Å². The maximum atomic E-state index is 6.94. The highest BCUT2D eigenvalue weighted by atomic mass is 16.3. The molecule has 4 heterocycles. The SMILES string of the molecule is c1ccc2c(c1)oc1ccc3c(c12)c1c2ccccc2oc1c1c3c2ccccc2n1-c1ccc(-c2ccc(-n3c4ccccc4c4ccccc43)cc2)cc1. The van der Waals surface area contributed by atoms with Gasteiger partial charge in [-0.05, 0) is 83.2 Å². The summed E-state index contributed by atoms with van der Waals surface area (Å²) < 4.78 is 18.1. The largest absolute Gasteiger partial charge is 0.456 e. The fourth-order valence-electron chi connectivity index (χ4n) is 9.55. The minimum atomic E-state index is 0.873. The number of fused-ring (bicyclic) bond motifs is 17. The van der Waals surface area contributed by atoms with Gasteiger partial charge in [-0.25, -0.2) is 0 Å². The van der Waals surface area contributed by atoms with E-state index in [0.717, 1.165) is 71.8 Å². The van der Waals surface area contributed by atoms with E-state index < -0.39 is 0 Å². The molecule has 0 saturated heterocycles. The summed E-state index contributed by atoms with van der Waals surface area (Å²) in [4.78, 5) is 0. The molecule has 0 aliphatic carbocycles. The lowest BCUT2D eigenvalue weighted by atomic mass is 9.95. The van der Waals surface area contributed by atoms with Crippen LogP contribution in [-0.4, -0.2) is 9.13 Å². The molecule has 13 aromatic rings. The van der Waals surface area contributed by atoms with E-state index >= 15 is 0 Å². The zero-order valence-electron chi connectivity index (χ0n) is 30.0. The van der Waals surface area contributed by atoms with E-state index in [4.69, 9.17) is 8.83 Å². The standard InChI is InChI=1S/C52H30N2O2/c1-6-16-41-35(11-1)36-12-2-7-17-42(36)53(41)33-25-21-31(22-26-33)32-23-27-34(28-24-32)54-43-18-8-3-13-37(43)47-40-29-30-46-48(38-14-4-9-19-44(38)55-46)49(40)50-39-15-5-10-20-45(39)56-52(50)51(47)54/h1-30H. The van der Waals surface area contributed by atoms with Crippen LogP contribution in [0.2, 0.25) is 0 Å². The molecule has 0 fully saturated rings. The predicted molar refractivity (Wildman–Crippen MR) is 233 cm³/mol. The topological polar surface area (TPSA) is 36.1 Å². The second-order valence-corrected chi connectivity index (χ2v) is 14.8. The highest BCUT2D eigenvalue weighted by molar-refractivity contribution is 6.40. The minimum Gasteiger partial charge on any atom is -0.456 e. The van der Waals surface area contributed by atoms with E-state index in [1.165, 1.54) is 48.9 Å². The first-order chi connectivity index (χ1) is 27.8. The van der Waals surface area contributed by atoms with Crippen LogP contribution in [0.4, 0.5) is 0 Å². The van der Waals surface area contributed by atoms with Crippen LogP contribution in [0.3, 0.4) is 0 Å². The van der Waals surface area contributed by atoms with Crippen molar-refractivity contribution >= 4 is 98.3 Å². The summed E-state index contributed by atoms with van der Waals surface area (Å²) in [5, 5.41) is 11.7. The van der Waals surface area contributed by atoms with E-state index in [1.807, 2.05) is 6.07 Å². The molecule has 9 aromatic carbocycles. The van der Waals surface area contributed by atoms with Crippen molar-refractivity contribution in [3.63, 3.8) is 0 Å². The Morgan fingerprint density at radius 2 is 0.768 bits per heavy atom. The second-order valence-electron chi connectivity index (χ2n) is 14.8. The lowest BCUT2D eigenvalue weighted by Gasteiger charge is -2.12. The van der Waals surface area contributed by atoms with Gasteiger partial charge in [-0.15, -0.1) is 0 Å². The van der Waals surface area contributed by atoms with Crippen molar-refractivity contribution in [2.45, 2.75) is 0 Å².